The predicted octanol–water partition coefficient (Wildman–Crippen LogP) is 4.08. The lowest BCUT2D eigenvalue weighted by atomic mass is 10.2. The first-order chi connectivity index (χ1) is 16.5. The van der Waals surface area contributed by atoms with Gasteiger partial charge < -0.3 is 19.9 Å². The Morgan fingerprint density at radius 1 is 1.09 bits per heavy atom. The van der Waals surface area contributed by atoms with Gasteiger partial charge in [0.05, 0.1) is 30.7 Å². The SMILES string of the molecule is COc1ccccc1N1CCN(C(=O)Cc2csc(SCC(=O)Nc3ccc(C)cc3)n2)CC1. The summed E-state index contributed by atoms with van der Waals surface area (Å²) in [4.78, 5) is 33.7. The van der Waals surface area contributed by atoms with Gasteiger partial charge in [0.15, 0.2) is 4.34 Å². The second-order valence-corrected chi connectivity index (χ2v) is 10.1. The maximum atomic E-state index is 12.8. The minimum absolute atomic E-state index is 0.0744. The molecule has 1 aliphatic rings. The van der Waals surface area contributed by atoms with Crippen LogP contribution >= 0.6 is 23.1 Å². The number of hydrogen-bond donors (Lipinski definition) is 1. The number of anilines is 2. The molecule has 2 amide bonds. The minimum atomic E-state index is -0.0744. The van der Waals surface area contributed by atoms with E-state index in [-0.39, 0.29) is 24.0 Å². The van der Waals surface area contributed by atoms with Crippen molar-refractivity contribution in [2.75, 3.05) is 49.3 Å². The van der Waals surface area contributed by atoms with Crippen LogP contribution in [-0.2, 0) is 16.0 Å². The first-order valence-corrected chi connectivity index (χ1v) is 13.0. The highest BCUT2D eigenvalue weighted by Crippen LogP contribution is 2.28. The molecule has 1 fully saturated rings. The van der Waals surface area contributed by atoms with Gasteiger partial charge in [0, 0.05) is 37.2 Å². The van der Waals surface area contributed by atoms with Crippen molar-refractivity contribution in [2.24, 2.45) is 0 Å². The number of carbonyl (C=O) groups excluding carboxylic acids is 2. The average Bonchev–Trinajstić information content (AvgIpc) is 3.31. The quantitative estimate of drug-likeness (QED) is 0.474. The summed E-state index contributed by atoms with van der Waals surface area (Å²) in [5.41, 5.74) is 3.75. The van der Waals surface area contributed by atoms with Gasteiger partial charge in [-0.2, -0.15) is 0 Å². The van der Waals surface area contributed by atoms with Crippen LogP contribution in [0.15, 0.2) is 58.3 Å². The van der Waals surface area contributed by atoms with E-state index in [2.05, 4.69) is 15.2 Å². The Morgan fingerprint density at radius 2 is 1.82 bits per heavy atom. The monoisotopic (exact) mass is 496 g/mol. The zero-order chi connectivity index (χ0) is 23.9. The first-order valence-electron chi connectivity index (χ1n) is 11.1. The highest BCUT2D eigenvalue weighted by atomic mass is 32.2. The number of aromatic nitrogens is 1. The van der Waals surface area contributed by atoms with Crippen molar-refractivity contribution >= 4 is 46.3 Å². The van der Waals surface area contributed by atoms with Crippen LogP contribution in [0.25, 0.3) is 0 Å². The molecule has 9 heteroatoms. The summed E-state index contributed by atoms with van der Waals surface area (Å²) in [6, 6.07) is 15.7. The molecule has 0 atom stereocenters. The molecule has 0 unspecified atom stereocenters. The summed E-state index contributed by atoms with van der Waals surface area (Å²) in [5.74, 6) is 1.13. The van der Waals surface area contributed by atoms with Gasteiger partial charge in [0.1, 0.15) is 5.75 Å². The summed E-state index contributed by atoms with van der Waals surface area (Å²) in [6.45, 7) is 4.87. The Morgan fingerprint density at radius 3 is 2.56 bits per heavy atom. The normalized spacial score (nSPS) is 13.6. The van der Waals surface area contributed by atoms with E-state index >= 15 is 0 Å². The van der Waals surface area contributed by atoms with Crippen LogP contribution in [0.4, 0.5) is 11.4 Å². The van der Waals surface area contributed by atoms with E-state index in [4.69, 9.17) is 4.74 Å². The van der Waals surface area contributed by atoms with E-state index in [1.54, 1.807) is 7.11 Å². The number of nitrogens with zero attached hydrogens (tertiary/aromatic N) is 3. The molecule has 178 valence electrons. The zero-order valence-electron chi connectivity index (χ0n) is 19.3. The molecule has 3 aromatic rings. The number of rotatable bonds is 8. The molecule has 1 saturated heterocycles. The van der Waals surface area contributed by atoms with Crippen molar-refractivity contribution in [1.29, 1.82) is 0 Å². The molecule has 1 aromatic heterocycles. The van der Waals surface area contributed by atoms with Gasteiger partial charge >= 0.3 is 0 Å². The highest BCUT2D eigenvalue weighted by molar-refractivity contribution is 8.01. The number of benzene rings is 2. The van der Waals surface area contributed by atoms with Gasteiger partial charge in [-0.3, -0.25) is 9.59 Å². The van der Waals surface area contributed by atoms with Crippen molar-refractivity contribution in [3.8, 4) is 5.75 Å². The summed E-state index contributed by atoms with van der Waals surface area (Å²) in [6.07, 6.45) is 0.279. The topological polar surface area (TPSA) is 74.8 Å². The van der Waals surface area contributed by atoms with Crippen LogP contribution in [0.3, 0.4) is 0 Å². The molecule has 0 bridgehead atoms. The van der Waals surface area contributed by atoms with E-state index in [1.165, 1.54) is 23.1 Å². The van der Waals surface area contributed by atoms with Crippen LogP contribution in [-0.4, -0.2) is 60.7 Å². The Balaban J connectivity index is 1.23. The lowest BCUT2D eigenvalue weighted by molar-refractivity contribution is -0.130. The second kappa shape index (κ2) is 11.4. The van der Waals surface area contributed by atoms with E-state index in [0.29, 0.717) is 13.1 Å². The zero-order valence-corrected chi connectivity index (χ0v) is 21.0. The maximum Gasteiger partial charge on any atom is 0.234 e. The molecule has 7 nitrogen and oxygen atoms in total. The number of carbonyl (C=O) groups is 2. The van der Waals surface area contributed by atoms with E-state index < -0.39 is 0 Å². The van der Waals surface area contributed by atoms with Gasteiger partial charge in [-0.1, -0.05) is 41.6 Å². The number of nitrogens with one attached hydrogen (secondary N) is 1. The van der Waals surface area contributed by atoms with Gasteiger partial charge in [-0.05, 0) is 31.2 Å². The number of ether oxygens (including phenoxy) is 1. The minimum Gasteiger partial charge on any atom is -0.495 e. The van der Waals surface area contributed by atoms with Crippen LogP contribution < -0.4 is 15.0 Å². The average molecular weight is 497 g/mol. The summed E-state index contributed by atoms with van der Waals surface area (Å²) in [5, 5.41) is 4.79. The van der Waals surface area contributed by atoms with Crippen molar-refractivity contribution in [3.05, 3.63) is 65.2 Å². The highest BCUT2D eigenvalue weighted by Gasteiger charge is 2.23. The third kappa shape index (κ3) is 6.30. The number of aryl methyl sites for hydroxylation is 1. The molecule has 34 heavy (non-hydrogen) atoms. The molecule has 0 aliphatic carbocycles. The predicted molar refractivity (Wildman–Crippen MR) is 138 cm³/mol. The number of thiazole rings is 1. The number of thioether (sulfide) groups is 1. The fourth-order valence-corrected chi connectivity index (χ4v) is 5.40. The third-order valence-electron chi connectivity index (χ3n) is 5.58. The number of hydrogen-bond acceptors (Lipinski definition) is 7. The standard InChI is InChI=1S/C25H28N4O3S2/c1-18-7-9-19(10-8-18)26-23(30)17-34-25-27-20(16-33-25)15-24(31)29-13-11-28(12-14-29)21-5-3-4-6-22(21)32-2/h3-10,16H,11-15,17H2,1-2H3,(H,26,30). The lowest BCUT2D eigenvalue weighted by Crippen LogP contribution is -2.49. The molecular formula is C25H28N4O3S2. The smallest absolute Gasteiger partial charge is 0.234 e. The molecule has 0 spiro atoms. The first kappa shape index (κ1) is 24.1. The number of amides is 2. The van der Waals surface area contributed by atoms with Crippen molar-refractivity contribution in [3.63, 3.8) is 0 Å². The summed E-state index contributed by atoms with van der Waals surface area (Å²) < 4.78 is 6.26. The van der Waals surface area contributed by atoms with Gasteiger partial charge in [0.25, 0.3) is 0 Å². The number of methoxy groups -OCH3 is 1. The van der Waals surface area contributed by atoms with Crippen LogP contribution in [0, 0.1) is 6.92 Å². The van der Waals surface area contributed by atoms with Gasteiger partial charge in [-0.15, -0.1) is 11.3 Å². The fourth-order valence-electron chi connectivity index (χ4n) is 3.75. The van der Waals surface area contributed by atoms with Crippen molar-refractivity contribution in [1.82, 2.24) is 9.88 Å². The van der Waals surface area contributed by atoms with Crippen molar-refractivity contribution < 1.29 is 14.3 Å². The second-order valence-electron chi connectivity index (χ2n) is 8.02. The summed E-state index contributed by atoms with van der Waals surface area (Å²) >= 11 is 2.86. The lowest BCUT2D eigenvalue weighted by Gasteiger charge is -2.36. The van der Waals surface area contributed by atoms with E-state index in [1.807, 2.05) is 65.7 Å². The van der Waals surface area contributed by atoms with Gasteiger partial charge in [-0.25, -0.2) is 4.98 Å². The van der Waals surface area contributed by atoms with Crippen LogP contribution in [0.1, 0.15) is 11.3 Å². The number of para-hydroxylation sites is 2. The fraction of sp³-hybridized carbons (Fsp3) is 0.320. The molecule has 2 aromatic carbocycles. The van der Waals surface area contributed by atoms with Crippen molar-refractivity contribution in [2.45, 2.75) is 17.7 Å². The molecule has 2 heterocycles. The molecule has 1 aliphatic heterocycles. The Labute approximate surface area is 208 Å². The molecule has 0 saturated carbocycles. The van der Waals surface area contributed by atoms with Crippen LogP contribution in [0.5, 0.6) is 5.75 Å². The number of piperazine rings is 1. The molecule has 4 rings (SSSR count). The molecular weight excluding hydrogens is 468 g/mol. The molecule has 0 radical (unpaired) electrons. The Bertz CT molecular complexity index is 1130. The maximum absolute atomic E-state index is 12.8. The largest absolute Gasteiger partial charge is 0.495 e. The van der Waals surface area contributed by atoms with E-state index in [0.717, 1.165) is 45.8 Å². The third-order valence-corrected chi connectivity index (χ3v) is 7.65. The summed E-state index contributed by atoms with van der Waals surface area (Å²) in [7, 11) is 1.68. The van der Waals surface area contributed by atoms with Gasteiger partial charge in [0.2, 0.25) is 11.8 Å². The Kier molecular flexibility index (Phi) is 8.08. The Hall–Kier alpha value is -3.04. The van der Waals surface area contributed by atoms with Crippen LogP contribution in [0.2, 0.25) is 0 Å². The van der Waals surface area contributed by atoms with E-state index in [9.17, 15) is 9.59 Å². The molecule has 1 N–H and O–H groups in total.